The largest absolute Gasteiger partial charge is 0.468 e. The molecule has 0 aliphatic heterocycles. The van der Waals surface area contributed by atoms with Gasteiger partial charge < -0.3 is 14.0 Å². The van der Waals surface area contributed by atoms with Crippen molar-refractivity contribution in [3.8, 4) is 6.07 Å². The molecule has 0 spiro atoms. The lowest BCUT2D eigenvalue weighted by Crippen LogP contribution is -2.34. The number of fused-ring (bicyclic) bond motifs is 1. The molecule has 0 unspecified atom stereocenters. The number of rotatable bonds is 6. The summed E-state index contributed by atoms with van der Waals surface area (Å²) in [6, 6.07) is 8.50. The lowest BCUT2D eigenvalue weighted by atomic mass is 10.1. The Balaban J connectivity index is 2.08. The summed E-state index contributed by atoms with van der Waals surface area (Å²) in [5.74, 6) is 0.792. The first-order valence-electron chi connectivity index (χ1n) is 8.53. The molecule has 134 valence electrons. The minimum atomic E-state index is -0.492. The third kappa shape index (κ3) is 3.19. The molecule has 1 N–H and O–H groups in total. The van der Waals surface area contributed by atoms with E-state index in [9.17, 15) is 9.59 Å². The van der Waals surface area contributed by atoms with Gasteiger partial charge in [0, 0.05) is 12.7 Å². The maximum absolute atomic E-state index is 12.9. The first-order valence-corrected chi connectivity index (χ1v) is 8.53. The molecule has 0 aliphatic carbocycles. The number of hydrogen-bond donors (Lipinski definition) is 1. The van der Waals surface area contributed by atoms with Crippen molar-refractivity contribution in [2.75, 3.05) is 13.1 Å². The van der Waals surface area contributed by atoms with Crippen LogP contribution in [0.3, 0.4) is 0 Å². The van der Waals surface area contributed by atoms with Crippen molar-refractivity contribution in [3.63, 3.8) is 0 Å². The Morgan fingerprint density at radius 3 is 2.69 bits per heavy atom. The van der Waals surface area contributed by atoms with Gasteiger partial charge in [0.25, 0.3) is 11.1 Å². The van der Waals surface area contributed by atoms with Gasteiger partial charge in [-0.25, -0.2) is 0 Å². The number of aromatic amines is 1. The van der Waals surface area contributed by atoms with Crippen molar-refractivity contribution < 1.29 is 4.42 Å². The van der Waals surface area contributed by atoms with Crippen LogP contribution in [0.15, 0.2) is 50.7 Å². The highest BCUT2D eigenvalue weighted by Gasteiger charge is 2.22. The molecular weight excluding hydrogens is 332 g/mol. The molecule has 3 heterocycles. The number of nitrogens with one attached hydrogen (secondary N) is 1. The van der Waals surface area contributed by atoms with E-state index in [2.05, 4.69) is 23.7 Å². The number of nitrogens with zero attached hydrogens (tertiary/aromatic N) is 3. The Bertz CT molecular complexity index is 1050. The Labute approximate surface area is 150 Å². The molecule has 1 atom stereocenters. The van der Waals surface area contributed by atoms with Crippen LogP contribution in [-0.2, 0) is 6.54 Å². The van der Waals surface area contributed by atoms with E-state index >= 15 is 0 Å². The molecule has 0 radical (unpaired) electrons. The van der Waals surface area contributed by atoms with Crippen molar-refractivity contribution in [2.45, 2.75) is 26.4 Å². The van der Waals surface area contributed by atoms with Crippen LogP contribution in [0.5, 0.6) is 0 Å². The summed E-state index contributed by atoms with van der Waals surface area (Å²) >= 11 is 0. The third-order valence-corrected chi connectivity index (χ3v) is 4.60. The van der Waals surface area contributed by atoms with E-state index in [1.807, 2.05) is 18.2 Å². The maximum Gasteiger partial charge on any atom is 0.266 e. The Morgan fingerprint density at radius 2 is 2.08 bits per heavy atom. The average molecular weight is 352 g/mol. The third-order valence-electron chi connectivity index (χ3n) is 4.60. The molecule has 3 rings (SSSR count). The highest BCUT2D eigenvalue weighted by atomic mass is 16.3. The van der Waals surface area contributed by atoms with Gasteiger partial charge in [0.05, 0.1) is 23.2 Å². The van der Waals surface area contributed by atoms with Crippen molar-refractivity contribution in [2.24, 2.45) is 0 Å². The highest BCUT2D eigenvalue weighted by molar-refractivity contribution is 5.78. The van der Waals surface area contributed by atoms with Crippen LogP contribution in [0.4, 0.5) is 0 Å². The predicted molar refractivity (Wildman–Crippen MR) is 97.9 cm³/mol. The van der Waals surface area contributed by atoms with E-state index in [4.69, 9.17) is 9.68 Å². The fraction of sp³-hybridized carbons (Fsp3) is 0.316. The van der Waals surface area contributed by atoms with Gasteiger partial charge >= 0.3 is 0 Å². The van der Waals surface area contributed by atoms with Gasteiger partial charge in [-0.05, 0) is 37.4 Å². The summed E-state index contributed by atoms with van der Waals surface area (Å²) in [5, 5.41) is 9.37. The molecule has 3 aromatic rings. The number of furan rings is 1. The molecule has 0 bridgehead atoms. The zero-order chi connectivity index (χ0) is 18.7. The topological polar surface area (TPSA) is 95.0 Å². The number of H-pyrrole nitrogens is 1. The average Bonchev–Trinajstić information content (AvgIpc) is 3.18. The number of pyridine rings is 2. The van der Waals surface area contributed by atoms with Crippen LogP contribution in [0.25, 0.3) is 10.9 Å². The molecule has 0 saturated heterocycles. The monoisotopic (exact) mass is 352 g/mol. The minimum Gasteiger partial charge on any atom is -0.468 e. The fourth-order valence-electron chi connectivity index (χ4n) is 3.18. The predicted octanol–water partition coefficient (Wildman–Crippen LogP) is 2.24. The summed E-state index contributed by atoms with van der Waals surface area (Å²) in [6.07, 6.45) is 3.28. The second-order valence-corrected chi connectivity index (χ2v) is 5.98. The second-order valence-electron chi connectivity index (χ2n) is 5.98. The standard InChI is InChI=1S/C19H20N4O3/c1-3-22(4-2)16(17-6-5-9-26-17)12-23-8-7-15-14(19(23)25)10-13(11-20)18(24)21-15/h5-10,16H,3-4,12H2,1-2H3,(H,21,24)/t16-/m1/s1. The van der Waals surface area contributed by atoms with E-state index in [0.29, 0.717) is 17.4 Å². The molecule has 0 fully saturated rings. The lowest BCUT2D eigenvalue weighted by molar-refractivity contribution is 0.172. The fourth-order valence-corrected chi connectivity index (χ4v) is 3.18. The highest BCUT2D eigenvalue weighted by Crippen LogP contribution is 2.23. The quantitative estimate of drug-likeness (QED) is 0.734. The van der Waals surface area contributed by atoms with E-state index in [1.54, 1.807) is 23.1 Å². The van der Waals surface area contributed by atoms with E-state index in [0.717, 1.165) is 18.8 Å². The van der Waals surface area contributed by atoms with E-state index in [1.165, 1.54) is 6.07 Å². The van der Waals surface area contributed by atoms with Crippen molar-refractivity contribution >= 4 is 10.9 Å². The number of likely N-dealkylation sites (N-methyl/N-ethyl adjacent to an activating group) is 1. The van der Waals surface area contributed by atoms with Gasteiger partial charge in [0.2, 0.25) is 0 Å². The first-order chi connectivity index (χ1) is 12.6. The van der Waals surface area contributed by atoms with Gasteiger partial charge in [-0.1, -0.05) is 13.8 Å². The summed E-state index contributed by atoms with van der Waals surface area (Å²) in [7, 11) is 0. The van der Waals surface area contributed by atoms with Crippen LogP contribution in [0.1, 0.15) is 31.2 Å². The van der Waals surface area contributed by atoms with Crippen LogP contribution >= 0.6 is 0 Å². The van der Waals surface area contributed by atoms with Crippen LogP contribution in [-0.4, -0.2) is 27.5 Å². The summed E-state index contributed by atoms with van der Waals surface area (Å²) < 4.78 is 7.18. The summed E-state index contributed by atoms with van der Waals surface area (Å²) in [5.41, 5.74) is -0.390. The van der Waals surface area contributed by atoms with Gasteiger partial charge in [-0.15, -0.1) is 0 Å². The second kappa shape index (κ2) is 7.42. The molecule has 0 amide bonds. The normalized spacial score (nSPS) is 12.4. The summed E-state index contributed by atoms with van der Waals surface area (Å²) in [6.45, 7) is 6.16. The number of aromatic nitrogens is 2. The Morgan fingerprint density at radius 1 is 1.31 bits per heavy atom. The Hall–Kier alpha value is -3.11. The molecule has 0 saturated carbocycles. The molecule has 0 aliphatic rings. The number of nitriles is 1. The number of hydrogen-bond acceptors (Lipinski definition) is 5. The zero-order valence-electron chi connectivity index (χ0n) is 14.7. The molecule has 26 heavy (non-hydrogen) atoms. The molecule has 3 aromatic heterocycles. The van der Waals surface area contributed by atoms with Crippen molar-refractivity contribution in [1.82, 2.24) is 14.5 Å². The smallest absolute Gasteiger partial charge is 0.266 e. The van der Waals surface area contributed by atoms with Crippen LogP contribution < -0.4 is 11.1 Å². The summed E-state index contributed by atoms with van der Waals surface area (Å²) in [4.78, 5) is 29.4. The molecule has 0 aromatic carbocycles. The minimum absolute atomic E-state index is 0.0707. The lowest BCUT2D eigenvalue weighted by Gasteiger charge is -2.28. The molecular formula is C19H20N4O3. The van der Waals surface area contributed by atoms with Crippen LogP contribution in [0, 0.1) is 11.3 Å². The zero-order valence-corrected chi connectivity index (χ0v) is 14.7. The molecule has 7 nitrogen and oxygen atoms in total. The van der Waals surface area contributed by atoms with Crippen LogP contribution in [0.2, 0.25) is 0 Å². The van der Waals surface area contributed by atoms with Gasteiger partial charge in [0.1, 0.15) is 17.4 Å². The van der Waals surface area contributed by atoms with E-state index < -0.39 is 5.56 Å². The van der Waals surface area contributed by atoms with E-state index in [-0.39, 0.29) is 17.2 Å². The van der Waals surface area contributed by atoms with Crippen molar-refractivity contribution in [1.29, 1.82) is 5.26 Å². The Kier molecular flexibility index (Phi) is 5.05. The SMILES string of the molecule is CCN(CC)[C@H](Cn1ccc2[nH]c(=O)c(C#N)cc2c1=O)c1ccco1. The molecule has 7 heteroatoms. The van der Waals surface area contributed by atoms with Gasteiger partial charge in [-0.3, -0.25) is 14.5 Å². The van der Waals surface area contributed by atoms with Gasteiger partial charge in [0.15, 0.2) is 0 Å². The van der Waals surface area contributed by atoms with Crippen molar-refractivity contribution in [3.05, 3.63) is 68.8 Å². The van der Waals surface area contributed by atoms with Gasteiger partial charge in [-0.2, -0.15) is 5.26 Å². The maximum atomic E-state index is 12.9. The first kappa shape index (κ1) is 17.7.